The molecular formula is C12H15N3O4S. The molecule has 0 spiro atoms. The molecule has 1 aromatic carbocycles. The van der Waals surface area contributed by atoms with Crippen LogP contribution in [0.15, 0.2) is 24.3 Å². The highest BCUT2D eigenvalue weighted by atomic mass is 32.1. The van der Waals surface area contributed by atoms with Crippen LogP contribution in [0, 0.1) is 6.92 Å². The van der Waals surface area contributed by atoms with E-state index in [1.807, 2.05) is 25.1 Å². The topological polar surface area (TPSA) is 88.7 Å². The fourth-order valence-electron chi connectivity index (χ4n) is 1.21. The Morgan fingerprint density at radius 1 is 1.30 bits per heavy atom. The van der Waals surface area contributed by atoms with Crippen molar-refractivity contribution in [1.82, 2.24) is 16.2 Å². The van der Waals surface area contributed by atoms with Gasteiger partial charge in [-0.05, 0) is 36.8 Å². The monoisotopic (exact) mass is 297 g/mol. The summed E-state index contributed by atoms with van der Waals surface area (Å²) in [5.41, 5.74) is 5.43. The van der Waals surface area contributed by atoms with Crippen LogP contribution < -0.4 is 20.9 Å². The molecule has 3 N–H and O–H groups in total. The molecule has 0 heterocycles. The smallest absolute Gasteiger partial charge is 0.425 e. The molecule has 20 heavy (non-hydrogen) atoms. The SMILES string of the molecule is COC(=O)NNC(=S)NC(=O)COc1cccc(C)c1. The third-order valence-electron chi connectivity index (χ3n) is 2.08. The van der Waals surface area contributed by atoms with Crippen molar-refractivity contribution in [1.29, 1.82) is 0 Å². The van der Waals surface area contributed by atoms with Crippen LogP contribution in [-0.2, 0) is 9.53 Å². The molecule has 0 aliphatic carbocycles. The zero-order chi connectivity index (χ0) is 15.0. The van der Waals surface area contributed by atoms with Crippen molar-refractivity contribution < 1.29 is 19.1 Å². The quantitative estimate of drug-likeness (QED) is 0.560. The maximum Gasteiger partial charge on any atom is 0.425 e. The summed E-state index contributed by atoms with van der Waals surface area (Å²) in [6.45, 7) is 1.73. The second-order valence-electron chi connectivity index (χ2n) is 3.72. The summed E-state index contributed by atoms with van der Waals surface area (Å²) in [6.07, 6.45) is -0.724. The molecule has 0 fully saturated rings. The van der Waals surface area contributed by atoms with Crippen LogP contribution in [0.2, 0.25) is 0 Å². The minimum absolute atomic E-state index is 0.0618. The summed E-state index contributed by atoms with van der Waals surface area (Å²) >= 11 is 4.78. The molecule has 0 saturated heterocycles. The summed E-state index contributed by atoms with van der Waals surface area (Å²) in [7, 11) is 1.20. The second-order valence-corrected chi connectivity index (χ2v) is 4.13. The molecule has 108 valence electrons. The van der Waals surface area contributed by atoms with Crippen molar-refractivity contribution in [3.8, 4) is 5.75 Å². The van der Waals surface area contributed by atoms with Gasteiger partial charge in [-0.3, -0.25) is 15.5 Å². The number of aryl methyl sites for hydroxylation is 1. The average Bonchev–Trinajstić information content (AvgIpc) is 2.42. The van der Waals surface area contributed by atoms with E-state index in [0.717, 1.165) is 5.56 Å². The number of carbonyl (C=O) groups excluding carboxylic acids is 2. The lowest BCUT2D eigenvalue weighted by Gasteiger charge is -2.10. The van der Waals surface area contributed by atoms with Crippen molar-refractivity contribution >= 4 is 29.3 Å². The van der Waals surface area contributed by atoms with E-state index in [9.17, 15) is 9.59 Å². The molecule has 0 aromatic heterocycles. The van der Waals surface area contributed by atoms with E-state index in [1.165, 1.54) is 7.11 Å². The van der Waals surface area contributed by atoms with E-state index in [-0.39, 0.29) is 11.7 Å². The van der Waals surface area contributed by atoms with E-state index in [0.29, 0.717) is 5.75 Å². The Hall–Kier alpha value is -2.35. The first-order chi connectivity index (χ1) is 9.51. The molecular weight excluding hydrogens is 282 g/mol. The Morgan fingerprint density at radius 3 is 2.70 bits per heavy atom. The molecule has 8 heteroatoms. The van der Waals surface area contributed by atoms with E-state index in [1.54, 1.807) is 6.07 Å². The fraction of sp³-hybridized carbons (Fsp3) is 0.250. The lowest BCUT2D eigenvalue weighted by molar-refractivity contribution is -0.121. The van der Waals surface area contributed by atoms with Crippen molar-refractivity contribution in [3.05, 3.63) is 29.8 Å². The predicted octanol–water partition coefficient (Wildman–Crippen LogP) is 0.636. The highest BCUT2D eigenvalue weighted by Crippen LogP contribution is 2.11. The maximum absolute atomic E-state index is 11.5. The van der Waals surface area contributed by atoms with Gasteiger partial charge in [-0.15, -0.1) is 0 Å². The number of ether oxygens (including phenoxy) is 2. The molecule has 0 radical (unpaired) electrons. The van der Waals surface area contributed by atoms with Crippen LogP contribution in [0.4, 0.5) is 4.79 Å². The molecule has 2 amide bonds. The number of benzene rings is 1. The van der Waals surface area contributed by atoms with Crippen LogP contribution in [0.3, 0.4) is 0 Å². The van der Waals surface area contributed by atoms with Gasteiger partial charge >= 0.3 is 6.09 Å². The van der Waals surface area contributed by atoms with Gasteiger partial charge in [-0.25, -0.2) is 10.2 Å². The van der Waals surface area contributed by atoms with Crippen molar-refractivity contribution in [3.63, 3.8) is 0 Å². The Balaban J connectivity index is 2.29. The number of hydrazine groups is 1. The van der Waals surface area contributed by atoms with E-state index in [2.05, 4.69) is 20.9 Å². The highest BCUT2D eigenvalue weighted by Gasteiger charge is 2.06. The first kappa shape index (κ1) is 15.7. The van der Waals surface area contributed by atoms with Crippen LogP contribution in [0.5, 0.6) is 5.75 Å². The third kappa shape index (κ3) is 6.01. The van der Waals surface area contributed by atoms with Gasteiger partial charge in [0.1, 0.15) is 5.75 Å². The van der Waals surface area contributed by atoms with Gasteiger partial charge in [-0.1, -0.05) is 12.1 Å². The van der Waals surface area contributed by atoms with Crippen molar-refractivity contribution in [2.24, 2.45) is 0 Å². The van der Waals surface area contributed by atoms with Gasteiger partial charge in [0, 0.05) is 0 Å². The number of nitrogens with one attached hydrogen (secondary N) is 3. The zero-order valence-corrected chi connectivity index (χ0v) is 11.9. The summed E-state index contributed by atoms with van der Waals surface area (Å²) in [5, 5.41) is 2.27. The first-order valence-electron chi connectivity index (χ1n) is 5.64. The summed E-state index contributed by atoms with van der Waals surface area (Å²) < 4.78 is 9.60. The van der Waals surface area contributed by atoms with Gasteiger partial charge < -0.3 is 9.47 Å². The maximum atomic E-state index is 11.5. The fourth-order valence-corrected chi connectivity index (χ4v) is 1.37. The number of rotatable bonds is 3. The largest absolute Gasteiger partial charge is 0.484 e. The normalized spacial score (nSPS) is 9.30. The number of thiocarbonyl (C=S) groups is 1. The van der Waals surface area contributed by atoms with Gasteiger partial charge in [0.05, 0.1) is 7.11 Å². The number of hydrogen-bond donors (Lipinski definition) is 3. The van der Waals surface area contributed by atoms with Gasteiger partial charge in [-0.2, -0.15) is 0 Å². The second kappa shape index (κ2) is 7.95. The molecule has 0 aliphatic heterocycles. The predicted molar refractivity (Wildman–Crippen MR) is 76.1 cm³/mol. The third-order valence-corrected chi connectivity index (χ3v) is 2.28. The Bertz CT molecular complexity index is 507. The average molecular weight is 297 g/mol. The number of methoxy groups -OCH3 is 1. The van der Waals surface area contributed by atoms with Crippen LogP contribution in [-0.4, -0.2) is 30.8 Å². The molecule has 0 saturated carbocycles. The summed E-state index contributed by atoms with van der Waals surface area (Å²) in [4.78, 5) is 22.3. The van der Waals surface area contributed by atoms with Gasteiger partial charge in [0.25, 0.3) is 5.91 Å². The molecule has 1 aromatic rings. The van der Waals surface area contributed by atoms with Gasteiger partial charge in [0.2, 0.25) is 0 Å². The Morgan fingerprint density at radius 2 is 2.05 bits per heavy atom. The van der Waals surface area contributed by atoms with Crippen LogP contribution in [0.1, 0.15) is 5.56 Å². The summed E-state index contributed by atoms with van der Waals surface area (Å²) in [6, 6.07) is 7.30. The van der Waals surface area contributed by atoms with Crippen molar-refractivity contribution in [2.45, 2.75) is 6.92 Å². The van der Waals surface area contributed by atoms with E-state index < -0.39 is 12.0 Å². The van der Waals surface area contributed by atoms with E-state index >= 15 is 0 Å². The molecule has 7 nitrogen and oxygen atoms in total. The number of hydrogen-bond acceptors (Lipinski definition) is 5. The van der Waals surface area contributed by atoms with Crippen molar-refractivity contribution in [2.75, 3.05) is 13.7 Å². The van der Waals surface area contributed by atoms with Gasteiger partial charge in [0.15, 0.2) is 11.7 Å². The van der Waals surface area contributed by atoms with E-state index in [4.69, 9.17) is 17.0 Å². The first-order valence-corrected chi connectivity index (χ1v) is 6.05. The number of carbonyl (C=O) groups is 2. The molecule has 0 atom stereocenters. The molecule has 0 aliphatic rings. The minimum atomic E-state index is -0.724. The Labute approximate surface area is 121 Å². The zero-order valence-electron chi connectivity index (χ0n) is 11.1. The lowest BCUT2D eigenvalue weighted by Crippen LogP contribution is -2.49. The molecule has 0 unspecified atom stereocenters. The van der Waals surface area contributed by atoms with Crippen LogP contribution in [0.25, 0.3) is 0 Å². The molecule has 0 bridgehead atoms. The van der Waals surface area contributed by atoms with Crippen LogP contribution >= 0.6 is 12.2 Å². The Kier molecular flexibility index (Phi) is 6.24. The number of amides is 2. The lowest BCUT2D eigenvalue weighted by atomic mass is 10.2. The summed E-state index contributed by atoms with van der Waals surface area (Å²) in [5.74, 6) is 0.141. The minimum Gasteiger partial charge on any atom is -0.484 e. The highest BCUT2D eigenvalue weighted by molar-refractivity contribution is 7.80. The molecule has 1 rings (SSSR count). The standard InChI is InChI=1S/C12H15N3O4S/c1-8-4-3-5-9(6-8)19-7-10(16)13-11(20)14-15-12(17)18-2/h3-6H,7H2,1-2H3,(H,15,17)(H2,13,14,16,20).